The van der Waals surface area contributed by atoms with Crippen LogP contribution in [-0.4, -0.2) is 48.0 Å². The highest BCUT2D eigenvalue weighted by Gasteiger charge is 2.68. The Labute approximate surface area is 198 Å². The van der Waals surface area contributed by atoms with Crippen LogP contribution in [0.5, 0.6) is 11.5 Å². The van der Waals surface area contributed by atoms with Crippen LogP contribution >= 0.6 is 11.3 Å². The Balaban J connectivity index is 1.18. The lowest BCUT2D eigenvalue weighted by molar-refractivity contribution is -0.134. The molecule has 1 saturated carbocycles. The van der Waals surface area contributed by atoms with Gasteiger partial charge in [0, 0.05) is 42.1 Å². The summed E-state index contributed by atoms with van der Waals surface area (Å²) in [6.45, 7) is 11.3. The Kier molecular flexibility index (Phi) is 5.39. The molecule has 2 fully saturated rings. The molecule has 0 spiro atoms. The van der Waals surface area contributed by atoms with Gasteiger partial charge in [0.25, 0.3) is 5.91 Å². The summed E-state index contributed by atoms with van der Waals surface area (Å²) in [5.74, 6) is 1.78. The second-order valence-corrected chi connectivity index (χ2v) is 11.2. The maximum atomic E-state index is 13.0. The number of amides is 2. The van der Waals surface area contributed by atoms with Crippen LogP contribution in [-0.2, 0) is 4.79 Å². The molecule has 7 nitrogen and oxygen atoms in total. The van der Waals surface area contributed by atoms with Gasteiger partial charge in [-0.25, -0.2) is 4.98 Å². The molecule has 0 radical (unpaired) electrons. The zero-order chi connectivity index (χ0) is 23.4. The smallest absolute Gasteiger partial charge is 0.275 e. The number of nitrogens with one attached hydrogen (secondary N) is 1. The molecule has 2 amide bonds. The third-order valence-electron chi connectivity index (χ3n) is 7.98. The Hall–Kier alpha value is -2.61. The van der Waals surface area contributed by atoms with Gasteiger partial charge in [-0.15, -0.1) is 11.3 Å². The number of nitrogens with zero attached hydrogens (tertiary/aromatic N) is 2. The zero-order valence-electron chi connectivity index (χ0n) is 19.6. The molecule has 33 heavy (non-hydrogen) atoms. The molecule has 1 N–H and O–H groups in total. The van der Waals surface area contributed by atoms with Gasteiger partial charge in [0.05, 0.1) is 5.01 Å². The molecule has 176 valence electrons. The number of aromatic nitrogens is 1. The Bertz CT molecular complexity index is 1070. The number of anilines is 1. The van der Waals surface area contributed by atoms with Gasteiger partial charge in [-0.3, -0.25) is 9.59 Å². The fourth-order valence-electron chi connectivity index (χ4n) is 5.24. The zero-order valence-corrected chi connectivity index (χ0v) is 20.5. The van der Waals surface area contributed by atoms with E-state index in [1.165, 1.54) is 11.3 Å². The van der Waals surface area contributed by atoms with Crippen molar-refractivity contribution in [3.8, 4) is 11.5 Å². The first-order chi connectivity index (χ1) is 15.7. The van der Waals surface area contributed by atoms with Crippen LogP contribution in [0.25, 0.3) is 0 Å². The number of benzene rings is 1. The highest BCUT2D eigenvalue weighted by molar-refractivity contribution is 7.10. The predicted octanol–water partition coefficient (Wildman–Crippen LogP) is 4.55. The Morgan fingerprint density at radius 3 is 2.39 bits per heavy atom. The van der Waals surface area contributed by atoms with E-state index in [0.717, 1.165) is 30.9 Å². The van der Waals surface area contributed by atoms with Crippen molar-refractivity contribution in [2.75, 3.05) is 31.6 Å². The molecule has 1 aliphatic carbocycles. The summed E-state index contributed by atoms with van der Waals surface area (Å²) >= 11 is 1.53. The first kappa shape index (κ1) is 22.2. The molecule has 1 saturated heterocycles. The molecule has 5 rings (SSSR count). The van der Waals surface area contributed by atoms with Crippen molar-refractivity contribution in [1.29, 1.82) is 0 Å². The molecule has 2 aliphatic heterocycles. The lowest BCUT2D eigenvalue weighted by Crippen LogP contribution is -2.39. The summed E-state index contributed by atoms with van der Waals surface area (Å²) < 4.78 is 11.1. The monoisotopic (exact) mass is 469 g/mol. The molecule has 1 aromatic heterocycles. The number of fused-ring (bicyclic) bond motifs is 1. The quantitative estimate of drug-likeness (QED) is 0.710. The minimum absolute atomic E-state index is 0.0652. The van der Waals surface area contributed by atoms with Crippen LogP contribution in [0.4, 0.5) is 5.69 Å². The number of carbonyl (C=O) groups excluding carboxylic acids is 2. The third kappa shape index (κ3) is 3.88. The van der Waals surface area contributed by atoms with Crippen LogP contribution in [0.1, 0.15) is 62.0 Å². The van der Waals surface area contributed by atoms with E-state index < -0.39 is 0 Å². The minimum atomic E-state index is -0.236. The van der Waals surface area contributed by atoms with E-state index in [4.69, 9.17) is 9.47 Å². The highest BCUT2D eigenvalue weighted by Crippen LogP contribution is 2.68. The van der Waals surface area contributed by atoms with Crippen molar-refractivity contribution in [3.05, 3.63) is 34.3 Å². The SMILES string of the molecule is CC1(C)C(C(=O)N2CCC(c3nc(C(=O)Nc4ccc5c(c4)OCCO5)cs3)CC2)C1(C)C. The summed E-state index contributed by atoms with van der Waals surface area (Å²) in [4.78, 5) is 32.4. The fourth-order valence-corrected chi connectivity index (χ4v) is 6.21. The van der Waals surface area contributed by atoms with Gasteiger partial charge < -0.3 is 19.7 Å². The number of ether oxygens (including phenoxy) is 2. The molecular weight excluding hydrogens is 438 g/mol. The lowest BCUT2D eigenvalue weighted by atomic mass is 9.96. The highest BCUT2D eigenvalue weighted by atomic mass is 32.1. The summed E-state index contributed by atoms with van der Waals surface area (Å²) in [7, 11) is 0. The second-order valence-electron chi connectivity index (χ2n) is 10.4. The van der Waals surface area contributed by atoms with Crippen LogP contribution < -0.4 is 14.8 Å². The lowest BCUT2D eigenvalue weighted by Gasteiger charge is -2.31. The van der Waals surface area contributed by atoms with Gasteiger partial charge in [-0.05, 0) is 35.8 Å². The maximum absolute atomic E-state index is 13.0. The largest absolute Gasteiger partial charge is 0.486 e. The molecule has 3 aliphatic rings. The van der Waals surface area contributed by atoms with Gasteiger partial charge in [0.15, 0.2) is 11.5 Å². The maximum Gasteiger partial charge on any atom is 0.275 e. The number of hydrogen-bond donors (Lipinski definition) is 1. The van der Waals surface area contributed by atoms with Gasteiger partial charge in [-0.2, -0.15) is 0 Å². The predicted molar refractivity (Wildman–Crippen MR) is 127 cm³/mol. The van der Waals surface area contributed by atoms with E-state index in [2.05, 4.69) is 38.0 Å². The Morgan fingerprint density at radius 2 is 1.73 bits per heavy atom. The van der Waals surface area contributed by atoms with E-state index in [9.17, 15) is 9.59 Å². The van der Waals surface area contributed by atoms with Crippen molar-refractivity contribution in [3.63, 3.8) is 0 Å². The normalized spacial score (nSPS) is 21.5. The number of carbonyl (C=O) groups is 2. The van der Waals surface area contributed by atoms with Crippen LogP contribution in [0.3, 0.4) is 0 Å². The molecule has 8 heteroatoms. The first-order valence-corrected chi connectivity index (χ1v) is 12.5. The average molecular weight is 470 g/mol. The molecule has 1 aromatic carbocycles. The van der Waals surface area contributed by atoms with Crippen molar-refractivity contribution in [2.45, 2.75) is 46.5 Å². The van der Waals surface area contributed by atoms with Gasteiger partial charge in [0.1, 0.15) is 18.9 Å². The van der Waals surface area contributed by atoms with E-state index in [-0.39, 0.29) is 28.6 Å². The average Bonchev–Trinajstić information content (AvgIpc) is 3.13. The van der Waals surface area contributed by atoms with E-state index in [1.807, 2.05) is 10.3 Å². The van der Waals surface area contributed by atoms with Crippen molar-refractivity contribution < 1.29 is 19.1 Å². The number of thiazole rings is 1. The van der Waals surface area contributed by atoms with E-state index >= 15 is 0 Å². The van der Waals surface area contributed by atoms with Crippen LogP contribution in [0, 0.1) is 16.7 Å². The van der Waals surface area contributed by atoms with Gasteiger partial charge in [-0.1, -0.05) is 27.7 Å². The summed E-state index contributed by atoms with van der Waals surface area (Å²) in [5, 5.41) is 5.69. The molecule has 2 aromatic rings. The number of piperidine rings is 1. The summed E-state index contributed by atoms with van der Waals surface area (Å²) in [6.07, 6.45) is 1.77. The topological polar surface area (TPSA) is 80.8 Å². The van der Waals surface area contributed by atoms with Gasteiger partial charge in [0.2, 0.25) is 5.91 Å². The summed E-state index contributed by atoms with van der Waals surface area (Å²) in [5.41, 5.74) is 1.20. The molecular formula is C25H31N3O4S. The molecule has 0 bridgehead atoms. The molecule has 3 heterocycles. The minimum Gasteiger partial charge on any atom is -0.486 e. The van der Waals surface area contributed by atoms with Crippen LogP contribution in [0.2, 0.25) is 0 Å². The number of likely N-dealkylation sites (tertiary alicyclic amines) is 1. The number of rotatable bonds is 4. The van der Waals surface area contributed by atoms with E-state index in [1.54, 1.807) is 18.2 Å². The standard InChI is InChI=1S/C25H31N3O4S/c1-24(2)20(25(24,3)4)23(30)28-9-7-15(8-10-28)22-27-17(14-33-22)21(29)26-16-5-6-18-19(13-16)32-12-11-31-18/h5-6,13-15,20H,7-12H2,1-4H3,(H,26,29). The second kappa shape index (κ2) is 8.01. The molecule has 0 atom stereocenters. The van der Waals surface area contributed by atoms with E-state index in [0.29, 0.717) is 42.0 Å². The summed E-state index contributed by atoms with van der Waals surface area (Å²) in [6, 6.07) is 5.37. The Morgan fingerprint density at radius 1 is 1.06 bits per heavy atom. The van der Waals surface area contributed by atoms with Crippen molar-refractivity contribution in [1.82, 2.24) is 9.88 Å². The third-order valence-corrected chi connectivity index (χ3v) is 8.99. The van der Waals surface area contributed by atoms with Crippen LogP contribution in [0.15, 0.2) is 23.6 Å². The fraction of sp³-hybridized carbons (Fsp3) is 0.560. The number of hydrogen-bond acceptors (Lipinski definition) is 6. The first-order valence-electron chi connectivity index (χ1n) is 11.6. The van der Waals surface area contributed by atoms with Crippen molar-refractivity contribution >= 4 is 28.8 Å². The van der Waals surface area contributed by atoms with Gasteiger partial charge >= 0.3 is 0 Å². The van der Waals surface area contributed by atoms with Crippen molar-refractivity contribution in [2.24, 2.45) is 16.7 Å². The molecule has 0 unspecified atom stereocenters.